The van der Waals surface area contributed by atoms with Crippen molar-refractivity contribution in [3.63, 3.8) is 0 Å². The van der Waals surface area contributed by atoms with Crippen LogP contribution in [0.1, 0.15) is 24.9 Å². The van der Waals surface area contributed by atoms with E-state index in [0.29, 0.717) is 42.9 Å². The van der Waals surface area contributed by atoms with E-state index in [0.717, 1.165) is 5.56 Å². The Morgan fingerprint density at radius 3 is 2.78 bits per heavy atom. The molecule has 166 valence electrons. The van der Waals surface area contributed by atoms with Gasteiger partial charge in [0, 0.05) is 31.4 Å². The quantitative estimate of drug-likeness (QED) is 0.509. The summed E-state index contributed by atoms with van der Waals surface area (Å²) in [6.07, 6.45) is 4.30. The number of carbonyl (C=O) groups is 1. The molecule has 11 heteroatoms. The number of anilines is 4. The number of hydrogen-bond acceptors (Lipinski definition) is 9. The predicted octanol–water partition coefficient (Wildman–Crippen LogP) is 3.00. The van der Waals surface area contributed by atoms with E-state index in [4.69, 9.17) is 10.5 Å². The molecule has 1 saturated heterocycles. The molecule has 0 aliphatic carbocycles. The minimum Gasteiger partial charge on any atom is -0.444 e. The molecule has 0 saturated carbocycles. The monoisotopic (exact) mass is 438 g/mol. The first-order valence-electron chi connectivity index (χ1n) is 10.1. The minimum absolute atomic E-state index is 0.167. The van der Waals surface area contributed by atoms with Gasteiger partial charge in [0.1, 0.15) is 29.4 Å². The van der Waals surface area contributed by atoms with E-state index in [9.17, 15) is 9.18 Å². The molecule has 32 heavy (non-hydrogen) atoms. The molecule has 2 atom stereocenters. The number of rotatable bonds is 7. The van der Waals surface area contributed by atoms with Crippen molar-refractivity contribution in [3.8, 4) is 0 Å². The summed E-state index contributed by atoms with van der Waals surface area (Å²) in [5.41, 5.74) is 6.04. The fraction of sp³-hybridized carbons (Fsp3) is 0.286. The average Bonchev–Trinajstić information content (AvgIpc) is 3.22. The highest BCUT2D eigenvalue weighted by Crippen LogP contribution is 2.26. The molecule has 1 aromatic carbocycles. The molecule has 0 bridgehead atoms. The van der Waals surface area contributed by atoms with E-state index in [1.165, 1.54) is 12.1 Å². The molecule has 1 fully saturated rings. The van der Waals surface area contributed by atoms with Crippen LogP contribution in [0.25, 0.3) is 0 Å². The Morgan fingerprint density at radius 1 is 1.25 bits per heavy atom. The van der Waals surface area contributed by atoms with Gasteiger partial charge in [0.2, 0.25) is 5.95 Å². The summed E-state index contributed by atoms with van der Waals surface area (Å²) in [6.45, 7) is 3.05. The van der Waals surface area contributed by atoms with Gasteiger partial charge in [-0.1, -0.05) is 12.1 Å². The Labute approximate surface area is 184 Å². The lowest BCUT2D eigenvalue weighted by Gasteiger charge is -2.21. The van der Waals surface area contributed by atoms with Gasteiger partial charge in [-0.3, -0.25) is 4.98 Å². The molecule has 3 aromatic rings. The van der Waals surface area contributed by atoms with Crippen molar-refractivity contribution in [1.82, 2.24) is 19.9 Å². The van der Waals surface area contributed by atoms with Crippen molar-refractivity contribution < 1.29 is 13.9 Å². The highest BCUT2D eigenvalue weighted by atomic mass is 19.1. The first-order valence-corrected chi connectivity index (χ1v) is 10.1. The molecule has 1 aliphatic heterocycles. The van der Waals surface area contributed by atoms with Gasteiger partial charge < -0.3 is 26.0 Å². The van der Waals surface area contributed by atoms with Crippen LogP contribution >= 0.6 is 0 Å². The number of primary amides is 1. The van der Waals surface area contributed by atoms with E-state index in [-0.39, 0.29) is 18.0 Å². The molecule has 10 nitrogen and oxygen atoms in total. The molecule has 2 aromatic heterocycles. The third-order valence-electron chi connectivity index (χ3n) is 5.00. The Morgan fingerprint density at radius 2 is 2.06 bits per heavy atom. The maximum Gasteiger partial charge on any atom is 0.404 e. The van der Waals surface area contributed by atoms with E-state index in [1.54, 1.807) is 36.8 Å². The first kappa shape index (κ1) is 21.2. The van der Waals surface area contributed by atoms with Gasteiger partial charge in [-0.2, -0.15) is 9.97 Å². The highest BCUT2D eigenvalue weighted by molar-refractivity contribution is 5.65. The van der Waals surface area contributed by atoms with Crippen molar-refractivity contribution >= 4 is 29.5 Å². The Kier molecular flexibility index (Phi) is 6.24. The van der Waals surface area contributed by atoms with Crippen LogP contribution in [0.3, 0.4) is 0 Å². The van der Waals surface area contributed by atoms with Crippen molar-refractivity contribution in [2.75, 3.05) is 28.6 Å². The number of nitrogens with two attached hydrogens (primary N) is 1. The van der Waals surface area contributed by atoms with Crippen LogP contribution in [0, 0.1) is 5.82 Å². The summed E-state index contributed by atoms with van der Waals surface area (Å²) < 4.78 is 18.4. The molecule has 0 spiro atoms. The third-order valence-corrected chi connectivity index (χ3v) is 5.00. The van der Waals surface area contributed by atoms with Crippen LogP contribution in [0.5, 0.6) is 0 Å². The normalized spacial score (nSPS) is 16.4. The zero-order valence-electron chi connectivity index (χ0n) is 17.4. The zero-order chi connectivity index (χ0) is 22.5. The number of aromatic nitrogens is 4. The van der Waals surface area contributed by atoms with Gasteiger partial charge >= 0.3 is 6.09 Å². The largest absolute Gasteiger partial charge is 0.444 e. The summed E-state index contributed by atoms with van der Waals surface area (Å²) in [5.74, 6) is 1.78. The van der Waals surface area contributed by atoms with Gasteiger partial charge in [0.05, 0.1) is 18.8 Å². The lowest BCUT2D eigenvalue weighted by molar-refractivity contribution is 0.117. The number of ether oxygens (including phenoxy) is 1. The minimum atomic E-state index is -0.792. The van der Waals surface area contributed by atoms with Gasteiger partial charge in [-0.25, -0.2) is 14.2 Å². The second kappa shape index (κ2) is 9.41. The molecule has 3 heterocycles. The summed E-state index contributed by atoms with van der Waals surface area (Å²) in [4.78, 5) is 30.5. The Bertz CT molecular complexity index is 1070. The fourth-order valence-corrected chi connectivity index (χ4v) is 3.45. The van der Waals surface area contributed by atoms with E-state index < -0.39 is 6.09 Å². The van der Waals surface area contributed by atoms with E-state index in [2.05, 4.69) is 30.6 Å². The third kappa shape index (κ3) is 5.36. The number of nitrogens with one attached hydrogen (secondary N) is 2. The summed E-state index contributed by atoms with van der Waals surface area (Å²) in [7, 11) is 0. The lowest BCUT2D eigenvalue weighted by Crippen LogP contribution is -2.27. The first-order chi connectivity index (χ1) is 15.5. The fourth-order valence-electron chi connectivity index (χ4n) is 3.45. The van der Waals surface area contributed by atoms with Crippen LogP contribution in [-0.4, -0.2) is 45.2 Å². The van der Waals surface area contributed by atoms with Crippen molar-refractivity contribution in [2.45, 2.75) is 25.5 Å². The maximum absolute atomic E-state index is 13.3. The van der Waals surface area contributed by atoms with Crippen molar-refractivity contribution in [1.29, 1.82) is 0 Å². The number of benzene rings is 1. The van der Waals surface area contributed by atoms with Crippen LogP contribution in [0.2, 0.25) is 0 Å². The van der Waals surface area contributed by atoms with E-state index in [1.807, 2.05) is 11.8 Å². The van der Waals surface area contributed by atoms with Gasteiger partial charge in [0.15, 0.2) is 0 Å². The summed E-state index contributed by atoms with van der Waals surface area (Å²) in [5, 5.41) is 6.38. The van der Waals surface area contributed by atoms with Crippen LogP contribution < -0.4 is 21.3 Å². The molecule has 1 unspecified atom stereocenters. The number of hydrogen-bond donors (Lipinski definition) is 3. The maximum atomic E-state index is 13.3. The second-order valence-electron chi connectivity index (χ2n) is 7.36. The Balaban J connectivity index is 1.58. The van der Waals surface area contributed by atoms with Gasteiger partial charge in [-0.05, 0) is 24.6 Å². The van der Waals surface area contributed by atoms with Crippen LogP contribution in [-0.2, 0) is 4.74 Å². The van der Waals surface area contributed by atoms with E-state index >= 15 is 0 Å². The van der Waals surface area contributed by atoms with Crippen LogP contribution in [0.15, 0.2) is 48.9 Å². The topological polar surface area (TPSA) is 131 Å². The number of nitrogens with zero attached hydrogens (tertiary/aromatic N) is 5. The molecular weight excluding hydrogens is 415 g/mol. The molecule has 1 amide bonds. The zero-order valence-corrected chi connectivity index (χ0v) is 17.4. The smallest absolute Gasteiger partial charge is 0.404 e. The van der Waals surface area contributed by atoms with Crippen molar-refractivity contribution in [2.24, 2.45) is 5.73 Å². The highest BCUT2D eigenvalue weighted by Gasteiger charge is 2.27. The lowest BCUT2D eigenvalue weighted by atomic mass is 10.1. The number of amides is 1. The molecule has 4 N–H and O–H groups in total. The molecule has 1 aliphatic rings. The van der Waals surface area contributed by atoms with Gasteiger partial charge in [-0.15, -0.1) is 0 Å². The summed E-state index contributed by atoms with van der Waals surface area (Å²) in [6, 6.07) is 7.86. The predicted molar refractivity (Wildman–Crippen MR) is 117 cm³/mol. The Hall–Kier alpha value is -4.02. The summed E-state index contributed by atoms with van der Waals surface area (Å²) >= 11 is 0. The SMILES string of the molecule is C[C@H](Nc1nc(Nc2cnccn2)cc(N2CCC(OC(N)=O)C2)n1)c1ccc(F)cc1. The molecule has 4 rings (SSSR count). The number of carbonyl (C=O) groups excluding carboxylic acids is 1. The average molecular weight is 438 g/mol. The van der Waals surface area contributed by atoms with Gasteiger partial charge in [0.25, 0.3) is 0 Å². The molecule has 0 radical (unpaired) electrons. The standard InChI is InChI=1S/C21H23FN8O2/c1-13(14-2-4-15(22)5-3-14)26-21-28-17(27-18-11-24-7-8-25-18)10-19(29-21)30-9-6-16(12-30)32-20(23)31/h2-5,7-8,10-11,13,16H,6,9,12H2,1H3,(H2,23,31)(H2,25,26,27,28,29)/t13-,16?/m0/s1. The van der Waals surface area contributed by atoms with Crippen LogP contribution in [0.4, 0.5) is 32.6 Å². The van der Waals surface area contributed by atoms with Crippen molar-refractivity contribution in [3.05, 3.63) is 60.3 Å². The second-order valence-corrected chi connectivity index (χ2v) is 7.36. The number of halogens is 1. The molecular formula is C21H23FN8O2.